The summed E-state index contributed by atoms with van der Waals surface area (Å²) in [5.74, 6) is -0.452. The van der Waals surface area contributed by atoms with Gasteiger partial charge in [-0.2, -0.15) is 5.26 Å². The van der Waals surface area contributed by atoms with Gasteiger partial charge in [0.15, 0.2) is 0 Å². The number of carbonyl (C=O) groups is 1. The molecule has 7 heteroatoms. The average Bonchev–Trinajstić information content (AvgIpc) is 2.77. The van der Waals surface area contributed by atoms with Gasteiger partial charge in [-0.1, -0.05) is 0 Å². The molecule has 0 aliphatic carbocycles. The maximum atomic E-state index is 11.9. The van der Waals surface area contributed by atoms with E-state index in [9.17, 15) is 10.1 Å². The zero-order chi connectivity index (χ0) is 14.7. The molecule has 1 aliphatic rings. The van der Waals surface area contributed by atoms with Gasteiger partial charge in [-0.05, 0) is 14.0 Å². The maximum Gasteiger partial charge on any atom is 0.350 e. The van der Waals surface area contributed by atoms with Gasteiger partial charge < -0.3 is 20.3 Å². The van der Waals surface area contributed by atoms with Crippen LogP contribution in [0.5, 0.6) is 0 Å². The van der Waals surface area contributed by atoms with Crippen molar-refractivity contribution in [2.24, 2.45) is 0 Å². The molecule has 108 valence electrons. The number of hydrogen-bond donors (Lipinski definition) is 1. The lowest BCUT2D eigenvalue weighted by molar-refractivity contribution is 0.0533. The number of carbonyl (C=O) groups excluding carboxylic acids is 1. The summed E-state index contributed by atoms with van der Waals surface area (Å²) in [6.07, 6.45) is 0. The quantitative estimate of drug-likeness (QED) is 0.842. The van der Waals surface area contributed by atoms with Crippen LogP contribution >= 0.6 is 11.3 Å². The number of piperazine rings is 1. The third-order valence-corrected chi connectivity index (χ3v) is 4.54. The minimum absolute atomic E-state index is 0.241. The van der Waals surface area contributed by atoms with E-state index in [1.165, 1.54) is 11.3 Å². The fraction of sp³-hybridized carbons (Fsp3) is 0.538. The molecule has 1 aromatic heterocycles. The van der Waals surface area contributed by atoms with E-state index in [-0.39, 0.29) is 5.69 Å². The lowest BCUT2D eigenvalue weighted by Crippen LogP contribution is -2.44. The van der Waals surface area contributed by atoms with Crippen molar-refractivity contribution in [2.75, 3.05) is 50.5 Å². The number of nitrogens with zero attached hydrogens (tertiary/aromatic N) is 3. The summed E-state index contributed by atoms with van der Waals surface area (Å²) in [4.78, 5) is 16.5. The van der Waals surface area contributed by atoms with Crippen molar-refractivity contribution in [2.45, 2.75) is 6.92 Å². The molecular formula is C13H18N4O2S. The van der Waals surface area contributed by atoms with Gasteiger partial charge >= 0.3 is 5.97 Å². The summed E-state index contributed by atoms with van der Waals surface area (Å²) < 4.78 is 4.98. The summed E-state index contributed by atoms with van der Waals surface area (Å²) in [7, 11) is 2.06. The predicted molar refractivity (Wildman–Crippen MR) is 79.1 cm³/mol. The molecule has 20 heavy (non-hydrogen) atoms. The van der Waals surface area contributed by atoms with Crippen molar-refractivity contribution in [3.8, 4) is 6.07 Å². The highest BCUT2D eigenvalue weighted by molar-refractivity contribution is 7.18. The zero-order valence-corrected chi connectivity index (χ0v) is 12.5. The summed E-state index contributed by atoms with van der Waals surface area (Å²) in [5.41, 5.74) is 6.56. The molecule has 6 nitrogen and oxygen atoms in total. The number of ether oxygens (including phenoxy) is 1. The van der Waals surface area contributed by atoms with E-state index in [0.29, 0.717) is 17.0 Å². The molecule has 0 amide bonds. The Labute approximate surface area is 122 Å². The largest absolute Gasteiger partial charge is 0.462 e. The number of nitrogen functional groups attached to an aromatic ring is 1. The number of likely N-dealkylation sites (N-methyl/N-ethyl adjacent to an activating group) is 1. The first kappa shape index (κ1) is 14.6. The summed E-state index contributed by atoms with van der Waals surface area (Å²) in [6.45, 7) is 5.55. The third kappa shape index (κ3) is 2.71. The van der Waals surface area contributed by atoms with Crippen LogP contribution < -0.4 is 10.6 Å². The monoisotopic (exact) mass is 294 g/mol. The maximum absolute atomic E-state index is 11.9. The van der Waals surface area contributed by atoms with Crippen LogP contribution in [0.15, 0.2) is 0 Å². The SMILES string of the molecule is CCOC(=O)c1sc(N2CCN(C)CC2)c(C#N)c1N. The minimum atomic E-state index is -0.452. The van der Waals surface area contributed by atoms with Gasteiger partial charge in [0.2, 0.25) is 0 Å². The molecule has 0 atom stereocenters. The van der Waals surface area contributed by atoms with Crippen LogP contribution in [0.2, 0.25) is 0 Å². The minimum Gasteiger partial charge on any atom is -0.462 e. The Morgan fingerprint density at radius 2 is 2.10 bits per heavy atom. The van der Waals surface area contributed by atoms with E-state index >= 15 is 0 Å². The van der Waals surface area contributed by atoms with Crippen molar-refractivity contribution in [1.29, 1.82) is 5.26 Å². The third-order valence-electron chi connectivity index (χ3n) is 3.29. The van der Waals surface area contributed by atoms with Crippen LogP contribution in [0.25, 0.3) is 0 Å². The van der Waals surface area contributed by atoms with Crippen LogP contribution in [0.1, 0.15) is 22.2 Å². The highest BCUT2D eigenvalue weighted by Crippen LogP contribution is 2.38. The van der Waals surface area contributed by atoms with E-state index in [1.807, 2.05) is 0 Å². The Kier molecular flexibility index (Phi) is 4.47. The molecule has 1 fully saturated rings. The summed E-state index contributed by atoms with van der Waals surface area (Å²) in [6, 6.07) is 2.11. The lowest BCUT2D eigenvalue weighted by Gasteiger charge is -2.33. The predicted octanol–water partition coefficient (Wildman–Crippen LogP) is 1.13. The van der Waals surface area contributed by atoms with Gasteiger partial charge in [-0.25, -0.2) is 4.79 Å². The molecule has 0 saturated carbocycles. The van der Waals surface area contributed by atoms with E-state index in [4.69, 9.17) is 10.5 Å². The van der Waals surface area contributed by atoms with Crippen LogP contribution in [-0.4, -0.2) is 50.7 Å². The van der Waals surface area contributed by atoms with Gasteiger partial charge in [0.1, 0.15) is 21.5 Å². The Bertz CT molecular complexity index is 541. The van der Waals surface area contributed by atoms with E-state index < -0.39 is 5.97 Å². The molecule has 1 aliphatic heterocycles. The molecule has 0 spiro atoms. The van der Waals surface area contributed by atoms with Gasteiger partial charge in [-0.3, -0.25) is 0 Å². The fourth-order valence-electron chi connectivity index (χ4n) is 2.12. The second kappa shape index (κ2) is 6.11. The molecule has 0 aromatic carbocycles. The highest BCUT2D eigenvalue weighted by atomic mass is 32.1. The number of esters is 1. The number of thiophene rings is 1. The first-order chi connectivity index (χ1) is 9.58. The second-order valence-corrected chi connectivity index (χ2v) is 5.65. The van der Waals surface area contributed by atoms with E-state index in [0.717, 1.165) is 31.2 Å². The Morgan fingerprint density at radius 1 is 1.45 bits per heavy atom. The Hall–Kier alpha value is -1.78. The number of hydrogen-bond acceptors (Lipinski definition) is 7. The van der Waals surface area contributed by atoms with Gasteiger partial charge in [0.25, 0.3) is 0 Å². The van der Waals surface area contributed by atoms with Crippen molar-refractivity contribution in [3.63, 3.8) is 0 Å². The van der Waals surface area contributed by atoms with Crippen LogP contribution in [0.4, 0.5) is 10.7 Å². The summed E-state index contributed by atoms with van der Waals surface area (Å²) >= 11 is 1.25. The second-order valence-electron chi connectivity index (χ2n) is 4.65. The van der Waals surface area contributed by atoms with Crippen molar-refractivity contribution in [1.82, 2.24) is 4.90 Å². The molecule has 1 saturated heterocycles. The zero-order valence-electron chi connectivity index (χ0n) is 11.7. The molecule has 2 rings (SSSR count). The van der Waals surface area contributed by atoms with Crippen molar-refractivity contribution in [3.05, 3.63) is 10.4 Å². The van der Waals surface area contributed by atoms with Crippen LogP contribution in [0, 0.1) is 11.3 Å². The first-order valence-corrected chi connectivity index (χ1v) is 7.33. The van der Waals surface area contributed by atoms with Crippen molar-refractivity contribution >= 4 is 28.0 Å². The van der Waals surface area contributed by atoms with Gasteiger partial charge in [0.05, 0.1) is 12.3 Å². The Balaban J connectivity index is 2.31. The Morgan fingerprint density at radius 3 is 2.65 bits per heavy atom. The summed E-state index contributed by atoms with van der Waals surface area (Å²) in [5, 5.41) is 10.1. The fourth-order valence-corrected chi connectivity index (χ4v) is 3.24. The molecule has 2 N–H and O–H groups in total. The number of anilines is 2. The smallest absolute Gasteiger partial charge is 0.350 e. The first-order valence-electron chi connectivity index (χ1n) is 6.51. The molecule has 1 aromatic rings. The van der Waals surface area contributed by atoms with Gasteiger partial charge in [-0.15, -0.1) is 11.3 Å². The average molecular weight is 294 g/mol. The molecule has 0 unspecified atom stereocenters. The molecule has 0 bridgehead atoms. The standard InChI is InChI=1S/C13H18N4O2S/c1-3-19-13(18)11-10(15)9(8-14)12(20-11)17-6-4-16(2)5-7-17/h3-7,15H2,1-2H3. The highest BCUT2D eigenvalue weighted by Gasteiger charge is 2.26. The van der Waals surface area contributed by atoms with E-state index in [1.54, 1.807) is 6.92 Å². The molecular weight excluding hydrogens is 276 g/mol. The number of nitriles is 1. The lowest BCUT2D eigenvalue weighted by atomic mass is 10.2. The van der Waals surface area contributed by atoms with Gasteiger partial charge in [0, 0.05) is 26.2 Å². The van der Waals surface area contributed by atoms with E-state index in [2.05, 4.69) is 22.9 Å². The van der Waals surface area contributed by atoms with Crippen molar-refractivity contribution < 1.29 is 9.53 Å². The molecule has 0 radical (unpaired) electrons. The molecule has 2 heterocycles. The van der Waals surface area contributed by atoms with Crippen LogP contribution in [-0.2, 0) is 4.74 Å². The normalized spacial score (nSPS) is 15.9. The van der Waals surface area contributed by atoms with Crippen LogP contribution in [0.3, 0.4) is 0 Å². The number of rotatable bonds is 3. The topological polar surface area (TPSA) is 82.6 Å². The number of nitrogens with two attached hydrogens (primary N) is 1.